The molecule has 0 bridgehead atoms. The Bertz CT molecular complexity index is 1200. The molecule has 1 atom stereocenters. The first-order valence-corrected chi connectivity index (χ1v) is 9.97. The Morgan fingerprint density at radius 3 is 2.52 bits per heavy atom. The first kappa shape index (κ1) is 20.5. The van der Waals surface area contributed by atoms with Crippen molar-refractivity contribution in [2.45, 2.75) is 12.6 Å². The molecule has 1 aromatic heterocycles. The van der Waals surface area contributed by atoms with E-state index >= 15 is 0 Å². The molecular weight excluding hydrogens is 468 g/mol. The summed E-state index contributed by atoms with van der Waals surface area (Å²) in [5.74, 6) is -1.67. The van der Waals surface area contributed by atoms with Crippen LogP contribution in [0.1, 0.15) is 22.9 Å². The third kappa shape index (κ3) is 3.87. The van der Waals surface area contributed by atoms with Gasteiger partial charge in [-0.3, -0.25) is 19.7 Å². The van der Waals surface area contributed by atoms with Crippen LogP contribution in [0.5, 0.6) is 0 Å². The van der Waals surface area contributed by atoms with Gasteiger partial charge in [0.05, 0.1) is 29.3 Å². The third-order valence-corrected chi connectivity index (χ3v) is 5.49. The summed E-state index contributed by atoms with van der Waals surface area (Å²) in [6.45, 7) is 0.0179. The molecule has 0 aliphatic carbocycles. The van der Waals surface area contributed by atoms with Gasteiger partial charge in [0.2, 0.25) is 0 Å². The molecular formula is C22H15BrN2O6. The van der Waals surface area contributed by atoms with Gasteiger partial charge in [0.1, 0.15) is 11.5 Å². The van der Waals surface area contributed by atoms with Crippen molar-refractivity contribution in [1.82, 2.24) is 4.90 Å². The minimum absolute atomic E-state index is 0.0179. The zero-order valence-corrected chi connectivity index (χ0v) is 17.5. The molecule has 1 N–H and O–H groups in total. The van der Waals surface area contributed by atoms with Gasteiger partial charge in [0.25, 0.3) is 17.4 Å². The summed E-state index contributed by atoms with van der Waals surface area (Å²) >= 11 is 3.36. The number of Topliss-reactive ketones (excluding diaryl/α,β-unsaturated/α-hetero) is 1. The summed E-state index contributed by atoms with van der Waals surface area (Å²) in [6, 6.07) is 14.7. The Balaban J connectivity index is 1.87. The SMILES string of the molecule is O=C1C(=O)N(Cc2ccco2)C(c2ccc(Br)cc2)/C1=C(/O)c1cccc([N+](=O)[O-])c1. The maximum absolute atomic E-state index is 12.9. The summed E-state index contributed by atoms with van der Waals surface area (Å²) in [6.07, 6.45) is 1.46. The molecule has 8 nitrogen and oxygen atoms in total. The fraction of sp³-hybridized carbons (Fsp3) is 0.0909. The standard InChI is InChI=1S/C22H15BrN2O6/c23-15-8-6-13(7-9-15)19-18(20(26)14-3-1-4-16(11-14)25(29)30)21(27)22(28)24(19)12-17-5-2-10-31-17/h1-11,19,26H,12H2/b20-18-. The van der Waals surface area contributed by atoms with E-state index in [-0.39, 0.29) is 23.4 Å². The second-order valence-corrected chi connectivity index (χ2v) is 7.78. The van der Waals surface area contributed by atoms with Gasteiger partial charge in [-0.2, -0.15) is 0 Å². The van der Waals surface area contributed by atoms with E-state index in [4.69, 9.17) is 4.42 Å². The molecule has 0 spiro atoms. The van der Waals surface area contributed by atoms with E-state index in [2.05, 4.69) is 15.9 Å². The summed E-state index contributed by atoms with van der Waals surface area (Å²) in [4.78, 5) is 37.7. The molecule has 0 radical (unpaired) electrons. The van der Waals surface area contributed by atoms with Gasteiger partial charge in [-0.1, -0.05) is 40.2 Å². The third-order valence-electron chi connectivity index (χ3n) is 4.96. The number of hydrogen-bond acceptors (Lipinski definition) is 6. The van der Waals surface area contributed by atoms with Crippen molar-refractivity contribution in [3.8, 4) is 0 Å². The van der Waals surface area contributed by atoms with Crippen molar-refractivity contribution in [2.75, 3.05) is 0 Å². The van der Waals surface area contributed by atoms with Crippen LogP contribution in [0.4, 0.5) is 5.69 Å². The van der Waals surface area contributed by atoms with Crippen molar-refractivity contribution in [2.24, 2.45) is 0 Å². The number of furan rings is 1. The van der Waals surface area contributed by atoms with Gasteiger partial charge < -0.3 is 14.4 Å². The van der Waals surface area contributed by atoms with Gasteiger partial charge in [-0.15, -0.1) is 0 Å². The largest absolute Gasteiger partial charge is 0.507 e. The number of hydrogen-bond donors (Lipinski definition) is 1. The number of aliphatic hydroxyl groups is 1. The lowest BCUT2D eigenvalue weighted by molar-refractivity contribution is -0.384. The normalized spacial score (nSPS) is 17.8. The topological polar surface area (TPSA) is 114 Å². The highest BCUT2D eigenvalue weighted by atomic mass is 79.9. The van der Waals surface area contributed by atoms with Crippen LogP contribution >= 0.6 is 15.9 Å². The van der Waals surface area contributed by atoms with Gasteiger partial charge in [-0.05, 0) is 29.8 Å². The second kappa shape index (κ2) is 8.19. The number of aliphatic hydroxyl groups excluding tert-OH is 1. The van der Waals surface area contributed by atoms with E-state index in [0.29, 0.717) is 11.3 Å². The summed E-state index contributed by atoms with van der Waals surface area (Å²) in [7, 11) is 0. The molecule has 4 rings (SSSR count). The number of nitro groups is 1. The molecule has 2 aromatic carbocycles. The van der Waals surface area contributed by atoms with Crippen molar-refractivity contribution in [1.29, 1.82) is 0 Å². The van der Waals surface area contributed by atoms with Gasteiger partial charge in [0, 0.05) is 22.2 Å². The maximum atomic E-state index is 12.9. The summed E-state index contributed by atoms with van der Waals surface area (Å²) in [5, 5.41) is 22.1. The lowest BCUT2D eigenvalue weighted by Gasteiger charge is -2.24. The maximum Gasteiger partial charge on any atom is 0.296 e. The minimum Gasteiger partial charge on any atom is -0.507 e. The highest BCUT2D eigenvalue weighted by Gasteiger charge is 2.46. The number of amides is 1. The van der Waals surface area contributed by atoms with E-state index < -0.39 is 28.4 Å². The smallest absolute Gasteiger partial charge is 0.296 e. The number of non-ortho nitro benzene ring substituents is 1. The molecule has 31 heavy (non-hydrogen) atoms. The lowest BCUT2D eigenvalue weighted by Crippen LogP contribution is -2.29. The Labute approximate surface area is 184 Å². The Kier molecular flexibility index (Phi) is 5.43. The second-order valence-electron chi connectivity index (χ2n) is 6.87. The van der Waals surface area contributed by atoms with Crippen LogP contribution in [0.2, 0.25) is 0 Å². The van der Waals surface area contributed by atoms with Crippen molar-refractivity contribution in [3.63, 3.8) is 0 Å². The Morgan fingerprint density at radius 2 is 1.87 bits per heavy atom. The molecule has 1 saturated heterocycles. The molecule has 1 fully saturated rings. The van der Waals surface area contributed by atoms with Crippen LogP contribution in [0.25, 0.3) is 5.76 Å². The van der Waals surface area contributed by atoms with Crippen molar-refractivity contribution < 1.29 is 24.0 Å². The number of carbonyl (C=O) groups is 2. The highest BCUT2D eigenvalue weighted by Crippen LogP contribution is 2.40. The molecule has 156 valence electrons. The van der Waals surface area contributed by atoms with Crippen LogP contribution in [0.15, 0.2) is 81.4 Å². The fourth-order valence-electron chi connectivity index (χ4n) is 3.53. The van der Waals surface area contributed by atoms with Crippen LogP contribution < -0.4 is 0 Å². The molecule has 1 aliphatic heterocycles. The number of rotatable bonds is 5. The number of likely N-dealkylation sites (tertiary alicyclic amines) is 1. The van der Waals surface area contributed by atoms with E-state index in [0.717, 1.165) is 10.5 Å². The molecule has 1 unspecified atom stereocenters. The van der Waals surface area contributed by atoms with Gasteiger partial charge in [0.15, 0.2) is 0 Å². The van der Waals surface area contributed by atoms with Crippen molar-refractivity contribution in [3.05, 3.63) is 104 Å². The molecule has 9 heteroatoms. The average Bonchev–Trinajstić information content (AvgIpc) is 3.36. The highest BCUT2D eigenvalue weighted by molar-refractivity contribution is 9.10. The number of halogens is 1. The lowest BCUT2D eigenvalue weighted by atomic mass is 9.95. The zero-order valence-electron chi connectivity index (χ0n) is 15.9. The van der Waals surface area contributed by atoms with Crippen LogP contribution in [-0.4, -0.2) is 26.6 Å². The molecule has 0 saturated carbocycles. The van der Waals surface area contributed by atoms with Crippen molar-refractivity contribution >= 4 is 39.1 Å². The first-order valence-electron chi connectivity index (χ1n) is 9.18. The van der Waals surface area contributed by atoms with E-state index in [1.54, 1.807) is 36.4 Å². The van der Waals surface area contributed by atoms with Crippen LogP contribution in [0, 0.1) is 10.1 Å². The number of benzene rings is 2. The summed E-state index contributed by atoms with van der Waals surface area (Å²) in [5.41, 5.74) is 0.293. The quantitative estimate of drug-likeness (QED) is 0.187. The number of ketones is 1. The monoisotopic (exact) mass is 482 g/mol. The average molecular weight is 483 g/mol. The summed E-state index contributed by atoms with van der Waals surface area (Å²) < 4.78 is 6.14. The van der Waals surface area contributed by atoms with Gasteiger partial charge >= 0.3 is 0 Å². The number of nitro benzene ring substituents is 1. The Hall–Kier alpha value is -3.72. The number of carbonyl (C=O) groups excluding carboxylic acids is 2. The van der Waals surface area contributed by atoms with E-state index in [9.17, 15) is 24.8 Å². The Morgan fingerprint density at radius 1 is 1.13 bits per heavy atom. The molecule has 3 aromatic rings. The predicted octanol–water partition coefficient (Wildman–Crippen LogP) is 4.57. The van der Waals surface area contributed by atoms with Crippen LogP contribution in [0.3, 0.4) is 0 Å². The fourth-order valence-corrected chi connectivity index (χ4v) is 3.79. The van der Waals surface area contributed by atoms with E-state index in [1.165, 1.54) is 29.4 Å². The molecule has 2 heterocycles. The minimum atomic E-state index is -0.891. The van der Waals surface area contributed by atoms with E-state index in [1.807, 2.05) is 0 Å². The first-order chi connectivity index (χ1) is 14.9. The van der Waals surface area contributed by atoms with Gasteiger partial charge in [-0.25, -0.2) is 0 Å². The number of nitrogens with zero attached hydrogens (tertiary/aromatic N) is 2. The molecule has 1 aliphatic rings. The molecule has 1 amide bonds. The van der Waals surface area contributed by atoms with Crippen LogP contribution in [-0.2, 0) is 16.1 Å². The zero-order chi connectivity index (χ0) is 22.1. The predicted molar refractivity (Wildman–Crippen MR) is 114 cm³/mol.